The Hall–Kier alpha value is -1.87. The standard InChI is InChI=1S/C14H21N7OS/c1-20-8-11(7-16-20)17-12(22)9-23-14-19-18-13(21(14)2)10-4-3-5-15-6-10/h7-8,10,15H,3-6,9H2,1-2H3,(H,17,22)/t10-/m0/s1. The van der Waals surface area contributed by atoms with E-state index in [1.807, 2.05) is 18.7 Å². The lowest BCUT2D eigenvalue weighted by molar-refractivity contribution is -0.113. The molecule has 3 heterocycles. The van der Waals surface area contributed by atoms with Crippen molar-refractivity contribution >= 4 is 23.4 Å². The fourth-order valence-corrected chi connectivity index (χ4v) is 3.41. The summed E-state index contributed by atoms with van der Waals surface area (Å²) >= 11 is 1.40. The maximum Gasteiger partial charge on any atom is 0.234 e. The molecule has 0 unspecified atom stereocenters. The molecular weight excluding hydrogens is 314 g/mol. The molecule has 1 saturated heterocycles. The molecular formula is C14H21N7OS. The molecule has 0 aliphatic carbocycles. The first-order chi connectivity index (χ1) is 11.1. The van der Waals surface area contributed by atoms with Crippen molar-refractivity contribution in [3.05, 3.63) is 18.2 Å². The van der Waals surface area contributed by atoms with E-state index >= 15 is 0 Å². The van der Waals surface area contributed by atoms with E-state index in [4.69, 9.17) is 0 Å². The van der Waals surface area contributed by atoms with Gasteiger partial charge in [0.15, 0.2) is 5.16 Å². The Morgan fingerprint density at radius 1 is 1.48 bits per heavy atom. The summed E-state index contributed by atoms with van der Waals surface area (Å²) in [7, 11) is 3.77. The van der Waals surface area contributed by atoms with Gasteiger partial charge in [-0.1, -0.05) is 11.8 Å². The van der Waals surface area contributed by atoms with Gasteiger partial charge < -0.3 is 15.2 Å². The smallest absolute Gasteiger partial charge is 0.234 e. The molecule has 2 N–H and O–H groups in total. The predicted molar refractivity (Wildman–Crippen MR) is 88.4 cm³/mol. The van der Waals surface area contributed by atoms with Crippen molar-refractivity contribution < 1.29 is 4.79 Å². The molecule has 2 aromatic heterocycles. The largest absolute Gasteiger partial charge is 0.323 e. The van der Waals surface area contributed by atoms with Crippen LogP contribution in [0.2, 0.25) is 0 Å². The summed E-state index contributed by atoms with van der Waals surface area (Å²) in [6.45, 7) is 2.02. The van der Waals surface area contributed by atoms with Crippen LogP contribution in [0.25, 0.3) is 0 Å². The van der Waals surface area contributed by atoms with E-state index in [9.17, 15) is 4.79 Å². The molecule has 1 amide bonds. The third-order valence-corrected chi connectivity index (χ3v) is 4.87. The Kier molecular flexibility index (Phi) is 4.97. The normalized spacial score (nSPS) is 18.1. The van der Waals surface area contributed by atoms with Crippen LogP contribution in [0.15, 0.2) is 17.6 Å². The van der Waals surface area contributed by atoms with Crippen molar-refractivity contribution in [3.8, 4) is 0 Å². The molecule has 0 radical (unpaired) electrons. The second kappa shape index (κ2) is 7.14. The lowest BCUT2D eigenvalue weighted by atomic mass is 9.99. The monoisotopic (exact) mass is 335 g/mol. The van der Waals surface area contributed by atoms with Gasteiger partial charge in [-0.2, -0.15) is 5.10 Å². The fraction of sp³-hybridized carbons (Fsp3) is 0.571. The number of hydrogen-bond acceptors (Lipinski definition) is 6. The lowest BCUT2D eigenvalue weighted by Crippen LogP contribution is -2.29. The Labute approximate surface area is 139 Å². The summed E-state index contributed by atoms with van der Waals surface area (Å²) in [5.41, 5.74) is 0.699. The molecule has 124 valence electrons. The zero-order valence-electron chi connectivity index (χ0n) is 13.3. The minimum atomic E-state index is -0.0770. The van der Waals surface area contributed by atoms with Crippen molar-refractivity contribution in [3.63, 3.8) is 0 Å². The summed E-state index contributed by atoms with van der Waals surface area (Å²) in [4.78, 5) is 12.0. The lowest BCUT2D eigenvalue weighted by Gasteiger charge is -2.21. The number of aromatic nitrogens is 5. The van der Waals surface area contributed by atoms with Crippen LogP contribution >= 0.6 is 11.8 Å². The zero-order valence-corrected chi connectivity index (χ0v) is 14.1. The van der Waals surface area contributed by atoms with Gasteiger partial charge in [-0.25, -0.2) is 0 Å². The van der Waals surface area contributed by atoms with E-state index in [0.717, 1.165) is 36.9 Å². The molecule has 1 fully saturated rings. The second-order valence-electron chi connectivity index (χ2n) is 5.68. The van der Waals surface area contributed by atoms with Crippen molar-refractivity contribution in [2.24, 2.45) is 14.1 Å². The number of nitrogens with one attached hydrogen (secondary N) is 2. The number of hydrogen-bond donors (Lipinski definition) is 2. The van der Waals surface area contributed by atoms with Crippen LogP contribution in [0.4, 0.5) is 5.69 Å². The Morgan fingerprint density at radius 3 is 3.04 bits per heavy atom. The zero-order chi connectivity index (χ0) is 16.2. The third-order valence-electron chi connectivity index (χ3n) is 3.85. The number of carbonyl (C=O) groups excluding carboxylic acids is 1. The number of amides is 1. The van der Waals surface area contributed by atoms with Crippen LogP contribution in [0.3, 0.4) is 0 Å². The van der Waals surface area contributed by atoms with Gasteiger partial charge in [-0.15, -0.1) is 10.2 Å². The first-order valence-corrected chi connectivity index (χ1v) is 8.63. The molecule has 23 heavy (non-hydrogen) atoms. The minimum absolute atomic E-state index is 0.0770. The van der Waals surface area contributed by atoms with Crippen molar-refractivity contribution in [1.82, 2.24) is 29.9 Å². The van der Waals surface area contributed by atoms with Gasteiger partial charge in [0.25, 0.3) is 0 Å². The van der Waals surface area contributed by atoms with Crippen molar-refractivity contribution in [2.75, 3.05) is 24.2 Å². The van der Waals surface area contributed by atoms with Gasteiger partial charge in [0.1, 0.15) is 5.82 Å². The number of piperidine rings is 1. The minimum Gasteiger partial charge on any atom is -0.323 e. The van der Waals surface area contributed by atoms with Gasteiger partial charge in [0, 0.05) is 32.8 Å². The average Bonchev–Trinajstić information content (AvgIpc) is 3.12. The Bertz CT molecular complexity index is 674. The molecule has 0 aromatic carbocycles. The predicted octanol–water partition coefficient (Wildman–Crippen LogP) is 0.746. The molecule has 8 nitrogen and oxygen atoms in total. The Morgan fingerprint density at radius 2 is 2.35 bits per heavy atom. The van der Waals surface area contributed by atoms with Crippen LogP contribution in [0.1, 0.15) is 24.6 Å². The third kappa shape index (κ3) is 3.91. The molecule has 0 saturated carbocycles. The highest BCUT2D eigenvalue weighted by molar-refractivity contribution is 7.99. The highest BCUT2D eigenvalue weighted by Crippen LogP contribution is 2.24. The highest BCUT2D eigenvalue weighted by Gasteiger charge is 2.22. The molecule has 1 atom stereocenters. The summed E-state index contributed by atoms with van der Waals surface area (Å²) in [5, 5.41) is 19.5. The molecule has 9 heteroatoms. The topological polar surface area (TPSA) is 89.7 Å². The second-order valence-corrected chi connectivity index (χ2v) is 6.63. The fourth-order valence-electron chi connectivity index (χ4n) is 2.69. The molecule has 0 spiro atoms. The number of aryl methyl sites for hydroxylation is 1. The number of carbonyl (C=O) groups is 1. The van der Waals surface area contributed by atoms with Gasteiger partial charge in [0.2, 0.25) is 5.91 Å². The number of rotatable bonds is 5. The summed E-state index contributed by atoms with van der Waals surface area (Å²) in [6, 6.07) is 0. The van der Waals surface area contributed by atoms with Gasteiger partial charge in [0.05, 0.1) is 17.6 Å². The van der Waals surface area contributed by atoms with Gasteiger partial charge >= 0.3 is 0 Å². The molecule has 1 aliphatic rings. The quantitative estimate of drug-likeness (QED) is 0.784. The highest BCUT2D eigenvalue weighted by atomic mass is 32.2. The van der Waals surface area contributed by atoms with Crippen LogP contribution in [-0.4, -0.2) is 49.3 Å². The molecule has 2 aromatic rings. The molecule has 3 rings (SSSR count). The van der Waals surface area contributed by atoms with Crippen LogP contribution in [-0.2, 0) is 18.9 Å². The number of thioether (sulfide) groups is 1. The van der Waals surface area contributed by atoms with Crippen molar-refractivity contribution in [1.29, 1.82) is 0 Å². The van der Waals surface area contributed by atoms with E-state index in [1.165, 1.54) is 11.8 Å². The molecule has 0 bridgehead atoms. The van der Waals surface area contributed by atoms with E-state index < -0.39 is 0 Å². The maximum absolute atomic E-state index is 12.0. The van der Waals surface area contributed by atoms with Gasteiger partial charge in [-0.3, -0.25) is 9.48 Å². The van der Waals surface area contributed by atoms with E-state index in [2.05, 4.69) is 25.9 Å². The van der Waals surface area contributed by atoms with Crippen LogP contribution in [0.5, 0.6) is 0 Å². The summed E-state index contributed by atoms with van der Waals surface area (Å²) < 4.78 is 3.65. The van der Waals surface area contributed by atoms with Crippen LogP contribution < -0.4 is 10.6 Å². The first-order valence-electron chi connectivity index (χ1n) is 7.65. The van der Waals surface area contributed by atoms with Gasteiger partial charge in [-0.05, 0) is 19.4 Å². The van der Waals surface area contributed by atoms with E-state index in [1.54, 1.807) is 17.1 Å². The van der Waals surface area contributed by atoms with Crippen LogP contribution in [0, 0.1) is 0 Å². The average molecular weight is 335 g/mol. The Balaban J connectivity index is 1.55. The number of nitrogens with zero attached hydrogens (tertiary/aromatic N) is 5. The maximum atomic E-state index is 12.0. The van der Waals surface area contributed by atoms with Crippen molar-refractivity contribution in [2.45, 2.75) is 23.9 Å². The first kappa shape index (κ1) is 16.0. The van der Waals surface area contributed by atoms with E-state index in [-0.39, 0.29) is 5.91 Å². The molecule has 1 aliphatic heterocycles. The summed E-state index contributed by atoms with van der Waals surface area (Å²) in [5.74, 6) is 1.61. The number of anilines is 1. The van der Waals surface area contributed by atoms with E-state index in [0.29, 0.717) is 17.4 Å². The SMILES string of the molecule is Cn1cc(NC(=O)CSc2nnc([C@H]3CCCNC3)n2C)cn1. The summed E-state index contributed by atoms with van der Waals surface area (Å²) in [6.07, 6.45) is 5.68.